The highest BCUT2D eigenvalue weighted by atomic mass is 16.2. The van der Waals surface area contributed by atoms with Crippen LogP contribution in [-0.2, 0) is 0 Å². The first kappa shape index (κ1) is 15.4. The Balaban J connectivity index is 2.88. The number of carbonyl (C=O) groups is 1. The molecule has 0 aliphatic rings. The molecule has 1 aromatic heterocycles. The number of nitrogen functional groups attached to an aromatic ring is 1. The van der Waals surface area contributed by atoms with E-state index in [2.05, 4.69) is 16.8 Å². The molecule has 0 unspecified atom stereocenters. The molecule has 1 rings (SSSR count). The van der Waals surface area contributed by atoms with Gasteiger partial charge >= 0.3 is 0 Å². The average Bonchev–Trinajstić information content (AvgIpc) is 2.36. The Bertz CT molecular complexity index is 431. The molecule has 2 N–H and O–H groups in total. The maximum Gasteiger partial charge on any atom is 0.255 e. The van der Waals surface area contributed by atoms with Crippen molar-refractivity contribution in [1.29, 1.82) is 0 Å². The Morgan fingerprint density at radius 1 is 1.32 bits per heavy atom. The predicted molar refractivity (Wildman–Crippen MR) is 78.1 cm³/mol. The molecule has 0 bridgehead atoms. The zero-order chi connectivity index (χ0) is 14.4. The van der Waals surface area contributed by atoms with Crippen LogP contribution in [0.2, 0.25) is 0 Å². The predicted octanol–water partition coefficient (Wildman–Crippen LogP) is 1.39. The zero-order valence-corrected chi connectivity index (χ0v) is 12.3. The lowest BCUT2D eigenvalue weighted by Crippen LogP contribution is -2.37. The van der Waals surface area contributed by atoms with E-state index in [0.717, 1.165) is 25.2 Å². The maximum absolute atomic E-state index is 12.5. The lowest BCUT2D eigenvalue weighted by Gasteiger charge is -2.24. The lowest BCUT2D eigenvalue weighted by atomic mass is 10.1. The van der Waals surface area contributed by atoms with Crippen molar-refractivity contribution >= 4 is 11.6 Å². The molecule has 5 heteroatoms. The van der Waals surface area contributed by atoms with Crippen LogP contribution in [0.4, 0.5) is 5.69 Å². The van der Waals surface area contributed by atoms with Crippen molar-refractivity contribution in [2.45, 2.75) is 20.3 Å². The minimum atomic E-state index is 0.0148. The largest absolute Gasteiger partial charge is 0.397 e. The van der Waals surface area contributed by atoms with E-state index in [1.54, 1.807) is 12.3 Å². The molecule has 19 heavy (non-hydrogen) atoms. The second kappa shape index (κ2) is 7.09. The van der Waals surface area contributed by atoms with Crippen molar-refractivity contribution < 1.29 is 4.79 Å². The minimum absolute atomic E-state index is 0.0148. The molecule has 106 valence electrons. The molecule has 0 radical (unpaired) electrons. The molecule has 0 aliphatic heterocycles. The van der Waals surface area contributed by atoms with Gasteiger partial charge in [-0.15, -0.1) is 0 Å². The number of nitrogens with zero attached hydrogens (tertiary/aromatic N) is 3. The molecular formula is C14H24N4O. The highest BCUT2D eigenvalue weighted by Gasteiger charge is 2.17. The van der Waals surface area contributed by atoms with Gasteiger partial charge in [0.05, 0.1) is 23.1 Å². The van der Waals surface area contributed by atoms with Crippen LogP contribution in [0.15, 0.2) is 12.3 Å². The van der Waals surface area contributed by atoms with E-state index >= 15 is 0 Å². The second-order valence-corrected chi connectivity index (χ2v) is 5.00. The van der Waals surface area contributed by atoms with Crippen LogP contribution >= 0.6 is 0 Å². The number of aryl methyl sites for hydroxylation is 1. The van der Waals surface area contributed by atoms with Gasteiger partial charge in [0.1, 0.15) is 0 Å². The van der Waals surface area contributed by atoms with Gasteiger partial charge in [-0.05, 0) is 33.5 Å². The van der Waals surface area contributed by atoms with Gasteiger partial charge in [-0.1, -0.05) is 6.92 Å². The van der Waals surface area contributed by atoms with E-state index < -0.39 is 0 Å². The normalized spacial score (nSPS) is 10.8. The summed E-state index contributed by atoms with van der Waals surface area (Å²) in [6, 6.07) is 1.71. The van der Waals surface area contributed by atoms with E-state index in [1.807, 2.05) is 25.9 Å². The number of hydrogen-bond donors (Lipinski definition) is 1. The van der Waals surface area contributed by atoms with Gasteiger partial charge in [-0.3, -0.25) is 9.78 Å². The molecule has 1 amide bonds. The van der Waals surface area contributed by atoms with Gasteiger partial charge in [-0.2, -0.15) is 0 Å². The summed E-state index contributed by atoms with van der Waals surface area (Å²) in [5.41, 5.74) is 7.58. The van der Waals surface area contributed by atoms with E-state index in [0.29, 0.717) is 17.8 Å². The Labute approximate surface area is 115 Å². The smallest absolute Gasteiger partial charge is 0.255 e. The summed E-state index contributed by atoms with van der Waals surface area (Å²) in [6.07, 6.45) is 2.52. The average molecular weight is 264 g/mol. The van der Waals surface area contributed by atoms with Gasteiger partial charge in [0.2, 0.25) is 0 Å². The molecule has 5 nitrogen and oxygen atoms in total. The highest BCUT2D eigenvalue weighted by molar-refractivity contribution is 5.96. The number of pyridine rings is 1. The number of rotatable bonds is 6. The number of carbonyl (C=O) groups excluding carboxylic acids is 1. The number of amides is 1. The van der Waals surface area contributed by atoms with Crippen LogP contribution in [0.25, 0.3) is 0 Å². The fourth-order valence-corrected chi connectivity index (χ4v) is 1.84. The number of hydrogen-bond acceptors (Lipinski definition) is 4. The molecule has 0 atom stereocenters. The van der Waals surface area contributed by atoms with Crippen molar-refractivity contribution in [2.24, 2.45) is 0 Å². The van der Waals surface area contributed by atoms with Crippen molar-refractivity contribution in [2.75, 3.05) is 39.5 Å². The van der Waals surface area contributed by atoms with Crippen LogP contribution in [0.1, 0.15) is 29.4 Å². The molecule has 0 aromatic carbocycles. The molecule has 1 aromatic rings. The minimum Gasteiger partial charge on any atom is -0.397 e. The SMILES string of the molecule is CCCN(CCN(C)C)C(=O)c1cc(N)cnc1C. The van der Waals surface area contributed by atoms with Crippen LogP contribution in [0.5, 0.6) is 0 Å². The fraction of sp³-hybridized carbons (Fsp3) is 0.571. The standard InChI is InChI=1S/C14H24N4O/c1-5-6-18(8-7-17(3)4)14(19)13-9-12(15)10-16-11(13)2/h9-10H,5-8,15H2,1-4H3. The molecule has 0 fully saturated rings. The van der Waals surface area contributed by atoms with Crippen LogP contribution in [0, 0.1) is 6.92 Å². The number of likely N-dealkylation sites (N-methyl/N-ethyl adjacent to an activating group) is 1. The van der Waals surface area contributed by atoms with Gasteiger partial charge in [0, 0.05) is 19.6 Å². The summed E-state index contributed by atoms with van der Waals surface area (Å²) in [5, 5.41) is 0. The lowest BCUT2D eigenvalue weighted by molar-refractivity contribution is 0.0744. The summed E-state index contributed by atoms with van der Waals surface area (Å²) in [6.45, 7) is 6.22. The quantitative estimate of drug-likeness (QED) is 0.843. The highest BCUT2D eigenvalue weighted by Crippen LogP contribution is 2.13. The van der Waals surface area contributed by atoms with Gasteiger partial charge in [0.15, 0.2) is 0 Å². The molecule has 0 aliphatic carbocycles. The third-order valence-electron chi connectivity index (χ3n) is 2.94. The first-order valence-corrected chi connectivity index (χ1v) is 6.61. The van der Waals surface area contributed by atoms with Gasteiger partial charge in [0.25, 0.3) is 5.91 Å². The van der Waals surface area contributed by atoms with Crippen LogP contribution < -0.4 is 5.73 Å². The van der Waals surface area contributed by atoms with Crippen molar-refractivity contribution in [3.05, 3.63) is 23.5 Å². The molecule has 0 saturated heterocycles. The Kier molecular flexibility index (Phi) is 5.76. The summed E-state index contributed by atoms with van der Waals surface area (Å²) in [5.74, 6) is 0.0148. The first-order valence-electron chi connectivity index (χ1n) is 6.61. The van der Waals surface area contributed by atoms with E-state index in [4.69, 9.17) is 5.73 Å². The van der Waals surface area contributed by atoms with E-state index in [-0.39, 0.29) is 5.91 Å². The number of nitrogens with two attached hydrogens (primary N) is 1. The Morgan fingerprint density at radius 3 is 2.58 bits per heavy atom. The summed E-state index contributed by atoms with van der Waals surface area (Å²) < 4.78 is 0. The van der Waals surface area contributed by atoms with E-state index in [9.17, 15) is 4.79 Å². The topological polar surface area (TPSA) is 62.5 Å². The van der Waals surface area contributed by atoms with Crippen molar-refractivity contribution in [1.82, 2.24) is 14.8 Å². The maximum atomic E-state index is 12.5. The Morgan fingerprint density at radius 2 is 2.00 bits per heavy atom. The van der Waals surface area contributed by atoms with Gasteiger partial charge < -0.3 is 15.5 Å². The third kappa shape index (κ3) is 4.52. The van der Waals surface area contributed by atoms with Crippen molar-refractivity contribution in [3.63, 3.8) is 0 Å². The molecular weight excluding hydrogens is 240 g/mol. The fourth-order valence-electron chi connectivity index (χ4n) is 1.84. The summed E-state index contributed by atoms with van der Waals surface area (Å²) >= 11 is 0. The first-order chi connectivity index (χ1) is 8.95. The van der Waals surface area contributed by atoms with Gasteiger partial charge in [-0.25, -0.2) is 0 Å². The van der Waals surface area contributed by atoms with Crippen molar-refractivity contribution in [3.8, 4) is 0 Å². The summed E-state index contributed by atoms with van der Waals surface area (Å²) in [7, 11) is 4.00. The monoisotopic (exact) mass is 264 g/mol. The molecule has 0 spiro atoms. The number of anilines is 1. The number of aromatic nitrogens is 1. The second-order valence-electron chi connectivity index (χ2n) is 5.00. The Hall–Kier alpha value is -1.62. The summed E-state index contributed by atoms with van der Waals surface area (Å²) in [4.78, 5) is 20.6. The van der Waals surface area contributed by atoms with Crippen LogP contribution in [0.3, 0.4) is 0 Å². The van der Waals surface area contributed by atoms with E-state index in [1.165, 1.54) is 0 Å². The zero-order valence-electron chi connectivity index (χ0n) is 12.3. The molecule has 0 saturated carbocycles. The van der Waals surface area contributed by atoms with Crippen LogP contribution in [-0.4, -0.2) is 54.4 Å². The third-order valence-corrected chi connectivity index (χ3v) is 2.94. The molecule has 1 heterocycles.